The molecule has 0 amide bonds. The van der Waals surface area contributed by atoms with Crippen molar-refractivity contribution in [3.63, 3.8) is 0 Å². The summed E-state index contributed by atoms with van der Waals surface area (Å²) in [5, 5.41) is 0. The van der Waals surface area contributed by atoms with E-state index in [1.54, 1.807) is 12.1 Å². The highest BCUT2D eigenvalue weighted by atomic mass is 19.1. The van der Waals surface area contributed by atoms with Crippen LogP contribution in [0, 0.1) is 17.6 Å². The molecular formula is C27H34F2. The number of hydrogen-bond donors (Lipinski definition) is 0. The number of rotatable bonds is 8. The monoisotopic (exact) mass is 396 g/mol. The zero-order valence-corrected chi connectivity index (χ0v) is 17.9. The van der Waals surface area contributed by atoms with Crippen molar-refractivity contribution in [3.05, 3.63) is 71.3 Å². The van der Waals surface area contributed by atoms with Crippen molar-refractivity contribution < 1.29 is 8.78 Å². The van der Waals surface area contributed by atoms with Gasteiger partial charge in [-0.2, -0.15) is 0 Å². The minimum atomic E-state index is -0.272. The Morgan fingerprint density at radius 1 is 0.966 bits per heavy atom. The lowest BCUT2D eigenvalue weighted by molar-refractivity contribution is 0.301. The second-order valence-electron chi connectivity index (χ2n) is 8.52. The van der Waals surface area contributed by atoms with Crippen LogP contribution in [0.25, 0.3) is 11.1 Å². The summed E-state index contributed by atoms with van der Waals surface area (Å²) in [6.07, 6.45) is 14.2. The third-order valence-corrected chi connectivity index (χ3v) is 6.43. The van der Waals surface area contributed by atoms with Gasteiger partial charge in [0, 0.05) is 5.56 Å². The Hall–Kier alpha value is -1.96. The molecule has 0 atom stereocenters. The fourth-order valence-corrected chi connectivity index (χ4v) is 4.65. The highest BCUT2D eigenvalue weighted by molar-refractivity contribution is 5.65. The van der Waals surface area contributed by atoms with E-state index in [4.69, 9.17) is 0 Å². The Kier molecular flexibility index (Phi) is 8.03. The van der Waals surface area contributed by atoms with Crippen LogP contribution in [0.2, 0.25) is 0 Å². The maximum Gasteiger partial charge on any atom is 0.131 e. The topological polar surface area (TPSA) is 0 Å². The first kappa shape index (κ1) is 21.7. The molecule has 29 heavy (non-hydrogen) atoms. The highest BCUT2D eigenvalue weighted by Crippen LogP contribution is 2.39. The maximum absolute atomic E-state index is 14.9. The molecule has 0 N–H and O–H groups in total. The average Bonchev–Trinajstić information content (AvgIpc) is 2.73. The van der Waals surface area contributed by atoms with E-state index in [9.17, 15) is 8.78 Å². The van der Waals surface area contributed by atoms with E-state index in [-0.39, 0.29) is 11.6 Å². The number of aryl methyl sites for hydroxylation is 1. The van der Waals surface area contributed by atoms with Gasteiger partial charge >= 0.3 is 0 Å². The third kappa shape index (κ3) is 5.78. The molecule has 0 spiro atoms. The van der Waals surface area contributed by atoms with Crippen LogP contribution in [0.1, 0.15) is 82.3 Å². The first-order valence-corrected chi connectivity index (χ1v) is 11.3. The van der Waals surface area contributed by atoms with E-state index in [2.05, 4.69) is 13.0 Å². The smallest absolute Gasteiger partial charge is 0.131 e. The van der Waals surface area contributed by atoms with E-state index in [1.165, 1.54) is 38.2 Å². The van der Waals surface area contributed by atoms with Crippen LogP contribution in [-0.2, 0) is 6.42 Å². The van der Waals surface area contributed by atoms with Crippen LogP contribution >= 0.6 is 0 Å². The Bertz CT molecular complexity index is 813. The molecule has 0 nitrogen and oxygen atoms in total. The fraction of sp³-hybridized carbons (Fsp3) is 0.481. The maximum atomic E-state index is 14.9. The number of unbranched alkanes of at least 4 members (excludes halogenated alkanes) is 1. The average molecular weight is 397 g/mol. The summed E-state index contributed by atoms with van der Waals surface area (Å²) in [4.78, 5) is 0. The zero-order valence-electron chi connectivity index (χ0n) is 17.9. The normalized spacial score (nSPS) is 19.7. The van der Waals surface area contributed by atoms with E-state index in [0.29, 0.717) is 17.0 Å². The van der Waals surface area contributed by atoms with Crippen LogP contribution < -0.4 is 0 Å². The molecule has 2 heteroatoms. The predicted molar refractivity (Wildman–Crippen MR) is 119 cm³/mol. The molecule has 0 aromatic heterocycles. The van der Waals surface area contributed by atoms with Gasteiger partial charge < -0.3 is 0 Å². The Morgan fingerprint density at radius 2 is 1.76 bits per heavy atom. The SMILES string of the molecule is C/C=C/CCc1ccc(-c2ccc(C3CCC(CCCC)CC3)c(F)c2)c(F)c1. The fourth-order valence-electron chi connectivity index (χ4n) is 4.65. The summed E-state index contributed by atoms with van der Waals surface area (Å²) in [7, 11) is 0. The largest absolute Gasteiger partial charge is 0.207 e. The van der Waals surface area contributed by atoms with Crippen molar-refractivity contribution in [3.8, 4) is 11.1 Å². The van der Waals surface area contributed by atoms with Gasteiger partial charge in [-0.05, 0) is 86.1 Å². The van der Waals surface area contributed by atoms with E-state index < -0.39 is 0 Å². The molecule has 1 aliphatic carbocycles. The van der Waals surface area contributed by atoms with E-state index in [1.807, 2.05) is 31.2 Å². The molecule has 0 heterocycles. The summed E-state index contributed by atoms with van der Waals surface area (Å²) in [6.45, 7) is 4.22. The second-order valence-corrected chi connectivity index (χ2v) is 8.52. The zero-order chi connectivity index (χ0) is 20.6. The molecule has 1 saturated carbocycles. The van der Waals surface area contributed by atoms with Crippen LogP contribution in [0.5, 0.6) is 0 Å². The predicted octanol–water partition coefficient (Wildman–Crippen LogP) is 8.60. The van der Waals surface area contributed by atoms with Crippen LogP contribution in [0.15, 0.2) is 48.6 Å². The van der Waals surface area contributed by atoms with Gasteiger partial charge in [0.2, 0.25) is 0 Å². The minimum Gasteiger partial charge on any atom is -0.207 e. The molecule has 0 radical (unpaired) electrons. The van der Waals surface area contributed by atoms with Crippen molar-refractivity contribution in [2.45, 2.75) is 77.6 Å². The lowest BCUT2D eigenvalue weighted by Gasteiger charge is -2.29. The molecular weight excluding hydrogens is 362 g/mol. The first-order chi connectivity index (χ1) is 14.1. The molecule has 2 aromatic rings. The lowest BCUT2D eigenvalue weighted by Crippen LogP contribution is -2.14. The first-order valence-electron chi connectivity index (χ1n) is 11.3. The van der Waals surface area contributed by atoms with Gasteiger partial charge in [0.1, 0.15) is 11.6 Å². The summed E-state index contributed by atoms with van der Waals surface area (Å²) >= 11 is 0. The number of hydrogen-bond acceptors (Lipinski definition) is 0. The molecule has 1 aliphatic rings. The van der Waals surface area contributed by atoms with Crippen LogP contribution in [-0.4, -0.2) is 0 Å². The van der Waals surface area contributed by atoms with Gasteiger partial charge in [0.25, 0.3) is 0 Å². The van der Waals surface area contributed by atoms with E-state index >= 15 is 0 Å². The number of halogens is 2. The van der Waals surface area contributed by atoms with E-state index in [0.717, 1.165) is 42.7 Å². The standard InChI is InChI=1S/C27H34F2/c1-3-5-7-9-21-12-16-25(26(28)18-21)23-15-17-24(27(29)19-23)22-13-10-20(11-14-22)8-6-4-2/h3,5,12,15-20,22H,4,6-11,13-14H2,1-2H3/b5-3+. The van der Waals surface area contributed by atoms with Crippen LogP contribution in [0.4, 0.5) is 8.78 Å². The van der Waals surface area contributed by atoms with Gasteiger partial charge in [-0.15, -0.1) is 0 Å². The van der Waals surface area contributed by atoms with Gasteiger partial charge in [0.05, 0.1) is 0 Å². The molecule has 0 saturated heterocycles. The summed E-state index contributed by atoms with van der Waals surface area (Å²) in [5.41, 5.74) is 2.89. The van der Waals surface area contributed by atoms with Crippen LogP contribution in [0.3, 0.4) is 0 Å². The highest BCUT2D eigenvalue weighted by Gasteiger charge is 2.24. The molecule has 0 bridgehead atoms. The molecule has 1 fully saturated rings. The number of allylic oxidation sites excluding steroid dienone is 2. The van der Waals surface area contributed by atoms with Crippen molar-refractivity contribution in [1.29, 1.82) is 0 Å². The van der Waals surface area contributed by atoms with Crippen molar-refractivity contribution in [1.82, 2.24) is 0 Å². The Balaban J connectivity index is 1.68. The van der Waals surface area contributed by atoms with Gasteiger partial charge in [-0.25, -0.2) is 8.78 Å². The Labute approximate surface area is 175 Å². The lowest BCUT2D eigenvalue weighted by atomic mass is 9.77. The molecule has 0 aliphatic heterocycles. The van der Waals surface area contributed by atoms with Gasteiger partial charge in [0.15, 0.2) is 0 Å². The minimum absolute atomic E-state index is 0.184. The van der Waals surface area contributed by atoms with Crippen molar-refractivity contribution in [2.24, 2.45) is 5.92 Å². The van der Waals surface area contributed by atoms with Crippen molar-refractivity contribution in [2.75, 3.05) is 0 Å². The number of benzene rings is 2. The molecule has 156 valence electrons. The molecule has 2 aromatic carbocycles. The Morgan fingerprint density at radius 3 is 2.41 bits per heavy atom. The van der Waals surface area contributed by atoms with Gasteiger partial charge in [-0.1, -0.05) is 62.6 Å². The summed E-state index contributed by atoms with van der Waals surface area (Å²) in [5.74, 6) is 0.664. The second kappa shape index (κ2) is 10.7. The summed E-state index contributed by atoms with van der Waals surface area (Å²) < 4.78 is 29.5. The van der Waals surface area contributed by atoms with Gasteiger partial charge in [-0.3, -0.25) is 0 Å². The molecule has 3 rings (SSSR count). The molecule has 0 unspecified atom stereocenters. The quantitative estimate of drug-likeness (QED) is 0.392. The third-order valence-electron chi connectivity index (χ3n) is 6.43. The van der Waals surface area contributed by atoms with Crippen molar-refractivity contribution >= 4 is 0 Å². The summed E-state index contributed by atoms with van der Waals surface area (Å²) in [6, 6.07) is 10.6.